The van der Waals surface area contributed by atoms with Crippen molar-refractivity contribution in [1.29, 1.82) is 0 Å². The van der Waals surface area contributed by atoms with Gasteiger partial charge in [-0.05, 0) is 26.0 Å². The molecular weight excluding hydrogens is 200 g/mol. The van der Waals surface area contributed by atoms with Gasteiger partial charge < -0.3 is 9.47 Å². The third kappa shape index (κ3) is 2.58. The van der Waals surface area contributed by atoms with E-state index >= 15 is 0 Å². The highest BCUT2D eigenvalue weighted by Crippen LogP contribution is 2.31. The van der Waals surface area contributed by atoms with Gasteiger partial charge in [0, 0.05) is 0 Å². The number of hydrogen-bond donors (Lipinski definition) is 0. The van der Waals surface area contributed by atoms with Crippen LogP contribution in [0.1, 0.15) is 19.4 Å². The van der Waals surface area contributed by atoms with Gasteiger partial charge in [-0.15, -0.1) is 6.42 Å². The van der Waals surface area contributed by atoms with Crippen LogP contribution in [-0.4, -0.2) is 12.7 Å². The second-order valence-corrected chi connectivity index (χ2v) is 3.83. The molecule has 0 spiro atoms. The van der Waals surface area contributed by atoms with E-state index in [4.69, 9.17) is 15.9 Å². The predicted octanol–water partition coefficient (Wildman–Crippen LogP) is 3.13. The van der Waals surface area contributed by atoms with Gasteiger partial charge >= 0.3 is 0 Å². The molecule has 0 N–H and O–H groups in total. The minimum Gasteiger partial charge on any atom is -0.496 e. The van der Waals surface area contributed by atoms with E-state index in [-0.39, 0.29) is 0 Å². The Hall–Kier alpha value is -1.88. The fourth-order valence-corrected chi connectivity index (χ4v) is 1.30. The van der Waals surface area contributed by atoms with Crippen molar-refractivity contribution in [1.82, 2.24) is 0 Å². The molecule has 0 aromatic heterocycles. The van der Waals surface area contributed by atoms with Gasteiger partial charge in [-0.2, -0.15) is 0 Å². The molecule has 2 nitrogen and oxygen atoms in total. The van der Waals surface area contributed by atoms with Gasteiger partial charge in [0.1, 0.15) is 11.5 Å². The first-order valence-electron chi connectivity index (χ1n) is 5.00. The number of benzene rings is 1. The van der Waals surface area contributed by atoms with Crippen LogP contribution in [0.2, 0.25) is 0 Å². The summed E-state index contributed by atoms with van der Waals surface area (Å²) in [5.74, 6) is 3.98. The van der Waals surface area contributed by atoms with Crippen molar-refractivity contribution in [2.24, 2.45) is 0 Å². The molecule has 84 valence electrons. The van der Waals surface area contributed by atoms with E-state index in [1.807, 2.05) is 32.0 Å². The van der Waals surface area contributed by atoms with Crippen molar-refractivity contribution >= 4 is 6.08 Å². The Kier molecular flexibility index (Phi) is 3.63. The van der Waals surface area contributed by atoms with Gasteiger partial charge in [0.15, 0.2) is 5.60 Å². The number of hydrogen-bond acceptors (Lipinski definition) is 2. The van der Waals surface area contributed by atoms with Crippen LogP contribution in [-0.2, 0) is 0 Å². The topological polar surface area (TPSA) is 18.5 Å². The number of methoxy groups -OCH3 is 1. The van der Waals surface area contributed by atoms with E-state index < -0.39 is 5.60 Å². The van der Waals surface area contributed by atoms with E-state index in [9.17, 15) is 0 Å². The van der Waals surface area contributed by atoms with Gasteiger partial charge in [0.2, 0.25) is 0 Å². The molecule has 2 heteroatoms. The molecule has 1 rings (SSSR count). The quantitative estimate of drug-likeness (QED) is 0.720. The zero-order valence-electron chi connectivity index (χ0n) is 9.91. The lowest BCUT2D eigenvalue weighted by molar-refractivity contribution is 0.171. The van der Waals surface area contributed by atoms with Crippen LogP contribution in [0.4, 0.5) is 0 Å². The van der Waals surface area contributed by atoms with Crippen LogP contribution in [0.5, 0.6) is 11.5 Å². The average molecular weight is 216 g/mol. The molecule has 0 bridgehead atoms. The maximum absolute atomic E-state index is 5.73. The Morgan fingerprint density at radius 1 is 1.38 bits per heavy atom. The number of terminal acetylenes is 1. The zero-order valence-corrected chi connectivity index (χ0v) is 9.91. The van der Waals surface area contributed by atoms with Crippen molar-refractivity contribution in [3.63, 3.8) is 0 Å². The van der Waals surface area contributed by atoms with E-state index in [0.717, 1.165) is 11.3 Å². The molecular formula is C14H16O2. The van der Waals surface area contributed by atoms with Crippen molar-refractivity contribution in [3.05, 3.63) is 30.3 Å². The van der Waals surface area contributed by atoms with Crippen LogP contribution in [0.3, 0.4) is 0 Å². The molecule has 0 heterocycles. The molecule has 0 aliphatic heterocycles. The monoisotopic (exact) mass is 216 g/mol. The average Bonchev–Trinajstić information content (AvgIpc) is 2.28. The maximum Gasteiger partial charge on any atom is 0.163 e. The third-order valence-electron chi connectivity index (χ3n) is 2.16. The van der Waals surface area contributed by atoms with E-state index in [1.165, 1.54) is 0 Å². The molecule has 0 aliphatic rings. The molecule has 1 aromatic carbocycles. The van der Waals surface area contributed by atoms with Crippen molar-refractivity contribution < 1.29 is 9.47 Å². The summed E-state index contributed by atoms with van der Waals surface area (Å²) in [6.07, 6.45) is 7.08. The Labute approximate surface area is 96.9 Å². The first-order chi connectivity index (χ1) is 7.54. The fraction of sp³-hybridized carbons (Fsp3) is 0.286. The molecule has 0 radical (unpaired) electrons. The van der Waals surface area contributed by atoms with Gasteiger partial charge in [0.25, 0.3) is 0 Å². The Bertz CT molecular complexity index is 425. The highest BCUT2D eigenvalue weighted by molar-refractivity contribution is 5.63. The highest BCUT2D eigenvalue weighted by atomic mass is 16.5. The molecule has 16 heavy (non-hydrogen) atoms. The summed E-state index contributed by atoms with van der Waals surface area (Å²) >= 11 is 0. The summed E-state index contributed by atoms with van der Waals surface area (Å²) in [5.41, 5.74) is 0.165. The summed E-state index contributed by atoms with van der Waals surface area (Å²) in [7, 11) is 1.61. The number of rotatable bonds is 4. The minimum atomic E-state index is -0.649. The van der Waals surface area contributed by atoms with Crippen LogP contribution < -0.4 is 9.47 Å². The van der Waals surface area contributed by atoms with Gasteiger partial charge in [-0.3, -0.25) is 0 Å². The van der Waals surface area contributed by atoms with Crippen LogP contribution in [0.25, 0.3) is 6.08 Å². The minimum absolute atomic E-state index is 0.649. The lowest BCUT2D eigenvalue weighted by Gasteiger charge is -2.22. The second kappa shape index (κ2) is 4.76. The summed E-state index contributed by atoms with van der Waals surface area (Å²) in [4.78, 5) is 0. The molecule has 0 aliphatic carbocycles. The van der Waals surface area contributed by atoms with Crippen LogP contribution in [0.15, 0.2) is 24.8 Å². The lowest BCUT2D eigenvalue weighted by Crippen LogP contribution is -2.25. The molecule has 0 amide bonds. The van der Waals surface area contributed by atoms with Crippen LogP contribution >= 0.6 is 0 Å². The first-order valence-corrected chi connectivity index (χ1v) is 5.00. The second-order valence-electron chi connectivity index (χ2n) is 3.83. The van der Waals surface area contributed by atoms with Gasteiger partial charge in [-0.25, -0.2) is 0 Å². The number of ether oxygens (including phenoxy) is 2. The zero-order chi connectivity index (χ0) is 12.2. The summed E-state index contributed by atoms with van der Waals surface area (Å²) in [5, 5.41) is 0. The molecule has 0 saturated heterocycles. The summed E-state index contributed by atoms with van der Waals surface area (Å²) < 4.78 is 11.0. The van der Waals surface area contributed by atoms with Crippen molar-refractivity contribution in [3.8, 4) is 23.8 Å². The normalized spacial score (nSPS) is 10.4. The van der Waals surface area contributed by atoms with Crippen molar-refractivity contribution in [2.75, 3.05) is 7.11 Å². The smallest absolute Gasteiger partial charge is 0.163 e. The molecule has 0 unspecified atom stereocenters. The van der Waals surface area contributed by atoms with Gasteiger partial charge in [0.05, 0.1) is 12.7 Å². The van der Waals surface area contributed by atoms with E-state index in [0.29, 0.717) is 5.75 Å². The molecule has 0 atom stereocenters. The molecule has 0 saturated carbocycles. The first kappa shape index (κ1) is 12.2. The summed E-state index contributed by atoms with van der Waals surface area (Å²) in [6.45, 7) is 7.41. The third-order valence-corrected chi connectivity index (χ3v) is 2.16. The molecule has 0 fully saturated rings. The Balaban J connectivity index is 3.15. The van der Waals surface area contributed by atoms with E-state index in [1.54, 1.807) is 13.2 Å². The molecule has 1 aromatic rings. The SMILES string of the molecule is C#CC(C)(C)Oc1cccc(OC)c1C=C. The van der Waals surface area contributed by atoms with E-state index in [2.05, 4.69) is 12.5 Å². The lowest BCUT2D eigenvalue weighted by atomic mass is 10.1. The highest BCUT2D eigenvalue weighted by Gasteiger charge is 2.18. The standard InChI is InChI=1S/C14H16O2/c1-6-11-12(15-5)9-8-10-13(11)16-14(3,4)7-2/h2,6,8-10H,1H2,3-5H3. The predicted molar refractivity (Wildman–Crippen MR) is 66.6 cm³/mol. The Morgan fingerprint density at radius 3 is 2.50 bits per heavy atom. The van der Waals surface area contributed by atoms with Crippen LogP contribution in [0, 0.1) is 12.3 Å². The summed E-state index contributed by atoms with van der Waals surface area (Å²) in [6, 6.07) is 5.55. The van der Waals surface area contributed by atoms with Crippen molar-refractivity contribution in [2.45, 2.75) is 19.4 Å². The fourth-order valence-electron chi connectivity index (χ4n) is 1.30. The Morgan fingerprint density at radius 2 is 2.00 bits per heavy atom. The maximum atomic E-state index is 5.73. The van der Waals surface area contributed by atoms with Gasteiger partial charge in [-0.1, -0.05) is 24.6 Å². The largest absolute Gasteiger partial charge is 0.496 e.